The highest BCUT2D eigenvalue weighted by molar-refractivity contribution is 6.22. The van der Waals surface area contributed by atoms with Crippen molar-refractivity contribution in [3.05, 3.63) is 70.3 Å². The molecule has 29 heavy (non-hydrogen) atoms. The molecular formula is C23H22N2O4. The van der Waals surface area contributed by atoms with Crippen LogP contribution in [0.5, 0.6) is 0 Å². The van der Waals surface area contributed by atoms with Crippen molar-refractivity contribution in [1.82, 2.24) is 9.80 Å². The van der Waals surface area contributed by atoms with Crippen LogP contribution >= 0.6 is 0 Å². The Kier molecular flexibility index (Phi) is 4.43. The van der Waals surface area contributed by atoms with Gasteiger partial charge in [0.2, 0.25) is 0 Å². The molecule has 1 saturated heterocycles. The second-order valence-corrected chi connectivity index (χ2v) is 7.86. The maximum Gasteiger partial charge on any atom is 0.261 e. The second kappa shape index (κ2) is 7.12. The third-order valence-corrected chi connectivity index (χ3v) is 6.05. The van der Waals surface area contributed by atoms with Gasteiger partial charge in [0.05, 0.1) is 23.8 Å². The molecule has 148 valence electrons. The number of fused-ring (bicyclic) bond motifs is 2. The van der Waals surface area contributed by atoms with Crippen LogP contribution in [0.15, 0.2) is 42.5 Å². The fourth-order valence-electron chi connectivity index (χ4n) is 4.43. The van der Waals surface area contributed by atoms with Crippen LogP contribution in [0.2, 0.25) is 0 Å². The van der Waals surface area contributed by atoms with E-state index in [1.54, 1.807) is 23.1 Å². The van der Waals surface area contributed by atoms with Gasteiger partial charge in [-0.25, -0.2) is 0 Å². The second-order valence-electron chi connectivity index (χ2n) is 7.86. The van der Waals surface area contributed by atoms with Crippen LogP contribution in [-0.2, 0) is 17.7 Å². The molecule has 2 aromatic carbocycles. The first-order chi connectivity index (χ1) is 14.1. The summed E-state index contributed by atoms with van der Waals surface area (Å²) in [7, 11) is 0. The Balaban J connectivity index is 1.36. The van der Waals surface area contributed by atoms with Gasteiger partial charge in [0.15, 0.2) is 0 Å². The topological polar surface area (TPSA) is 66.9 Å². The number of ether oxygens (including phenoxy) is 1. The number of benzene rings is 2. The van der Waals surface area contributed by atoms with Crippen LogP contribution in [0, 0.1) is 0 Å². The smallest absolute Gasteiger partial charge is 0.261 e. The minimum absolute atomic E-state index is 0.0910. The first-order valence-corrected chi connectivity index (χ1v) is 10.1. The van der Waals surface area contributed by atoms with Gasteiger partial charge in [-0.2, -0.15) is 0 Å². The van der Waals surface area contributed by atoms with Gasteiger partial charge in [0, 0.05) is 25.3 Å². The Morgan fingerprint density at radius 2 is 1.83 bits per heavy atom. The Hall–Kier alpha value is -2.99. The number of rotatable bonds is 3. The van der Waals surface area contributed by atoms with Crippen LogP contribution in [0.1, 0.15) is 55.0 Å². The first kappa shape index (κ1) is 18.1. The van der Waals surface area contributed by atoms with Gasteiger partial charge < -0.3 is 9.64 Å². The Morgan fingerprint density at radius 1 is 1.03 bits per heavy atom. The summed E-state index contributed by atoms with van der Waals surface area (Å²) in [4.78, 5) is 41.6. The van der Waals surface area contributed by atoms with Crippen LogP contribution in [-0.4, -0.2) is 53.3 Å². The summed E-state index contributed by atoms with van der Waals surface area (Å²) in [5, 5.41) is 0. The maximum atomic E-state index is 13.1. The summed E-state index contributed by atoms with van der Waals surface area (Å²) in [5.41, 5.74) is 3.56. The van der Waals surface area contributed by atoms with Gasteiger partial charge in [0.25, 0.3) is 17.7 Å². The Labute approximate surface area is 169 Å². The molecule has 3 aliphatic heterocycles. The molecule has 1 unspecified atom stereocenters. The fraction of sp³-hybridized carbons (Fsp3) is 0.348. The van der Waals surface area contributed by atoms with Gasteiger partial charge in [-0.05, 0) is 48.6 Å². The third-order valence-electron chi connectivity index (χ3n) is 6.05. The van der Waals surface area contributed by atoms with Crippen molar-refractivity contribution < 1.29 is 19.1 Å². The summed E-state index contributed by atoms with van der Waals surface area (Å²) >= 11 is 0. The average Bonchev–Trinajstić information content (AvgIpc) is 3.36. The zero-order chi connectivity index (χ0) is 20.0. The molecule has 6 nitrogen and oxygen atoms in total. The summed E-state index contributed by atoms with van der Waals surface area (Å²) in [5.74, 6) is -0.745. The molecule has 3 amide bonds. The van der Waals surface area contributed by atoms with E-state index in [2.05, 4.69) is 6.07 Å². The SMILES string of the molecule is O=C(c1ccc2c(c1)C(=O)N(CC1CCCO1)C2=O)N1CCc2ccccc2C1. The number of hydrogen-bond donors (Lipinski definition) is 0. The molecule has 0 bridgehead atoms. The van der Waals surface area contributed by atoms with Crippen LogP contribution < -0.4 is 0 Å². The van der Waals surface area contributed by atoms with Crippen LogP contribution in [0.3, 0.4) is 0 Å². The van der Waals surface area contributed by atoms with Gasteiger partial charge in [-0.15, -0.1) is 0 Å². The predicted octanol–water partition coefficient (Wildman–Crippen LogP) is 2.66. The van der Waals surface area contributed by atoms with E-state index in [0.29, 0.717) is 36.4 Å². The summed E-state index contributed by atoms with van der Waals surface area (Å²) in [6.45, 7) is 2.15. The monoisotopic (exact) mass is 390 g/mol. The quantitative estimate of drug-likeness (QED) is 0.756. The lowest BCUT2D eigenvalue weighted by Crippen LogP contribution is -2.36. The van der Waals surface area contributed by atoms with Crippen molar-refractivity contribution in [3.8, 4) is 0 Å². The third kappa shape index (κ3) is 3.13. The molecule has 1 atom stereocenters. The molecule has 3 aliphatic rings. The Bertz CT molecular complexity index is 1010. The van der Waals surface area contributed by atoms with E-state index in [4.69, 9.17) is 4.74 Å². The predicted molar refractivity (Wildman–Crippen MR) is 106 cm³/mol. The average molecular weight is 390 g/mol. The summed E-state index contributed by atoms with van der Waals surface area (Å²) in [6, 6.07) is 13.0. The van der Waals surface area contributed by atoms with Gasteiger partial charge in [-0.3, -0.25) is 19.3 Å². The number of hydrogen-bond acceptors (Lipinski definition) is 4. The fourth-order valence-corrected chi connectivity index (χ4v) is 4.43. The van der Waals surface area contributed by atoms with Crippen molar-refractivity contribution in [3.63, 3.8) is 0 Å². The van der Waals surface area contributed by atoms with Crippen molar-refractivity contribution in [2.24, 2.45) is 0 Å². The van der Waals surface area contributed by atoms with Crippen LogP contribution in [0.25, 0.3) is 0 Å². The highest BCUT2D eigenvalue weighted by Gasteiger charge is 2.38. The highest BCUT2D eigenvalue weighted by atomic mass is 16.5. The maximum absolute atomic E-state index is 13.1. The van der Waals surface area contributed by atoms with E-state index in [-0.39, 0.29) is 30.4 Å². The molecule has 0 aliphatic carbocycles. The van der Waals surface area contributed by atoms with E-state index in [0.717, 1.165) is 24.8 Å². The summed E-state index contributed by atoms with van der Waals surface area (Å²) < 4.78 is 5.57. The molecule has 5 rings (SSSR count). The molecule has 0 spiro atoms. The number of amides is 3. The highest BCUT2D eigenvalue weighted by Crippen LogP contribution is 2.27. The standard InChI is InChI=1S/C23H22N2O4/c26-21(24-10-9-15-4-1-2-5-17(15)13-24)16-7-8-19-20(12-16)23(28)25(22(19)27)14-18-6-3-11-29-18/h1-2,4-5,7-8,12,18H,3,6,9-11,13-14H2. The van der Waals surface area contributed by atoms with Crippen molar-refractivity contribution in [1.29, 1.82) is 0 Å². The normalized spacial score (nSPS) is 20.8. The number of nitrogens with zero attached hydrogens (tertiary/aromatic N) is 2. The minimum atomic E-state index is -0.334. The first-order valence-electron chi connectivity index (χ1n) is 10.1. The number of carbonyl (C=O) groups is 3. The molecule has 6 heteroatoms. The lowest BCUT2D eigenvalue weighted by Gasteiger charge is -2.29. The van der Waals surface area contributed by atoms with E-state index in [1.807, 2.05) is 18.2 Å². The van der Waals surface area contributed by atoms with E-state index in [1.165, 1.54) is 10.5 Å². The molecule has 1 fully saturated rings. The lowest BCUT2D eigenvalue weighted by atomic mass is 9.98. The van der Waals surface area contributed by atoms with Crippen molar-refractivity contribution in [2.75, 3.05) is 19.7 Å². The van der Waals surface area contributed by atoms with Crippen molar-refractivity contribution >= 4 is 17.7 Å². The summed E-state index contributed by atoms with van der Waals surface area (Å²) in [6.07, 6.45) is 2.53. The molecule has 2 aromatic rings. The van der Waals surface area contributed by atoms with E-state index < -0.39 is 0 Å². The number of imide groups is 1. The van der Waals surface area contributed by atoms with E-state index >= 15 is 0 Å². The lowest BCUT2D eigenvalue weighted by molar-refractivity contribution is 0.0475. The van der Waals surface area contributed by atoms with Gasteiger partial charge in [-0.1, -0.05) is 24.3 Å². The zero-order valence-electron chi connectivity index (χ0n) is 16.1. The largest absolute Gasteiger partial charge is 0.376 e. The zero-order valence-corrected chi connectivity index (χ0v) is 16.1. The molecular weight excluding hydrogens is 368 g/mol. The van der Waals surface area contributed by atoms with Gasteiger partial charge in [0.1, 0.15) is 0 Å². The molecule has 0 aromatic heterocycles. The molecule has 0 N–H and O–H groups in total. The van der Waals surface area contributed by atoms with Crippen molar-refractivity contribution in [2.45, 2.75) is 31.9 Å². The Morgan fingerprint density at radius 3 is 2.62 bits per heavy atom. The molecule has 0 saturated carbocycles. The van der Waals surface area contributed by atoms with Gasteiger partial charge >= 0.3 is 0 Å². The number of carbonyl (C=O) groups excluding carboxylic acids is 3. The van der Waals surface area contributed by atoms with Crippen LogP contribution in [0.4, 0.5) is 0 Å². The van der Waals surface area contributed by atoms with E-state index in [9.17, 15) is 14.4 Å². The molecule has 3 heterocycles. The molecule has 0 radical (unpaired) electrons. The minimum Gasteiger partial charge on any atom is -0.376 e.